The highest BCUT2D eigenvalue weighted by Gasteiger charge is 2.07. The van der Waals surface area contributed by atoms with Crippen molar-refractivity contribution in [3.05, 3.63) is 29.3 Å². The summed E-state index contributed by atoms with van der Waals surface area (Å²) in [5.41, 5.74) is 0.377. The van der Waals surface area contributed by atoms with E-state index in [1.54, 1.807) is 0 Å². The Bertz CT molecular complexity index is 368. The second kappa shape index (κ2) is 3.28. The monoisotopic (exact) mass is 179 g/mol. The molecule has 0 saturated heterocycles. The van der Waals surface area contributed by atoms with Crippen LogP contribution < -0.4 is 0 Å². The van der Waals surface area contributed by atoms with Crippen molar-refractivity contribution in [1.29, 1.82) is 5.26 Å². The van der Waals surface area contributed by atoms with E-state index in [0.717, 1.165) is 0 Å². The van der Waals surface area contributed by atoms with E-state index in [-0.39, 0.29) is 5.56 Å². The van der Waals surface area contributed by atoms with E-state index in [4.69, 9.17) is 10.4 Å². The predicted molar refractivity (Wildman–Crippen MR) is 45.4 cm³/mol. The van der Waals surface area contributed by atoms with E-state index < -0.39 is 5.97 Å². The van der Waals surface area contributed by atoms with Gasteiger partial charge >= 0.3 is 5.97 Å². The third-order valence-electron chi connectivity index (χ3n) is 1.36. The maximum atomic E-state index is 10.5. The molecule has 1 aromatic carbocycles. The van der Waals surface area contributed by atoms with Crippen LogP contribution in [0, 0.1) is 11.3 Å². The van der Waals surface area contributed by atoms with Crippen LogP contribution in [-0.4, -0.2) is 11.1 Å². The molecule has 0 heterocycles. The molecule has 0 radical (unpaired) electrons. The van der Waals surface area contributed by atoms with Crippen LogP contribution in [0.1, 0.15) is 15.9 Å². The molecule has 12 heavy (non-hydrogen) atoms. The Morgan fingerprint density at radius 3 is 2.75 bits per heavy atom. The number of nitrogens with zero attached hydrogens (tertiary/aromatic N) is 1. The molecule has 0 aliphatic rings. The van der Waals surface area contributed by atoms with Crippen LogP contribution in [0.2, 0.25) is 0 Å². The first-order chi connectivity index (χ1) is 5.65. The standard InChI is InChI=1S/C8H5NO2S/c9-4-5-1-2-7(12)6(3-5)8(10)11/h1-3,12H,(H,10,11). The molecular formula is C8H5NO2S. The highest BCUT2D eigenvalue weighted by atomic mass is 32.1. The van der Waals surface area contributed by atoms with Gasteiger partial charge in [0.25, 0.3) is 0 Å². The molecule has 0 bridgehead atoms. The summed E-state index contributed by atoms with van der Waals surface area (Å²) in [7, 11) is 0. The van der Waals surface area contributed by atoms with Gasteiger partial charge in [0, 0.05) is 4.90 Å². The summed E-state index contributed by atoms with van der Waals surface area (Å²) in [5.74, 6) is -1.07. The largest absolute Gasteiger partial charge is 0.478 e. The van der Waals surface area contributed by atoms with Crippen LogP contribution in [-0.2, 0) is 0 Å². The number of thiol groups is 1. The maximum absolute atomic E-state index is 10.5. The van der Waals surface area contributed by atoms with Gasteiger partial charge < -0.3 is 5.11 Å². The molecule has 0 saturated carbocycles. The smallest absolute Gasteiger partial charge is 0.336 e. The average Bonchev–Trinajstić information content (AvgIpc) is 2.05. The van der Waals surface area contributed by atoms with Crippen LogP contribution in [0.25, 0.3) is 0 Å². The first-order valence-corrected chi connectivity index (χ1v) is 3.56. The number of hydrogen-bond donors (Lipinski definition) is 2. The summed E-state index contributed by atoms with van der Waals surface area (Å²) < 4.78 is 0. The minimum atomic E-state index is -1.07. The third-order valence-corrected chi connectivity index (χ3v) is 1.75. The van der Waals surface area contributed by atoms with Crippen LogP contribution in [0.5, 0.6) is 0 Å². The van der Waals surface area contributed by atoms with E-state index >= 15 is 0 Å². The van der Waals surface area contributed by atoms with E-state index in [1.165, 1.54) is 18.2 Å². The van der Waals surface area contributed by atoms with E-state index in [0.29, 0.717) is 10.5 Å². The third kappa shape index (κ3) is 1.57. The fraction of sp³-hybridized carbons (Fsp3) is 0. The van der Waals surface area contributed by atoms with Gasteiger partial charge in [-0.1, -0.05) is 0 Å². The lowest BCUT2D eigenvalue weighted by atomic mass is 10.1. The summed E-state index contributed by atoms with van der Waals surface area (Å²) in [4.78, 5) is 10.9. The summed E-state index contributed by atoms with van der Waals surface area (Å²) in [6.07, 6.45) is 0. The molecule has 60 valence electrons. The molecule has 0 amide bonds. The summed E-state index contributed by atoms with van der Waals surface area (Å²) in [6.45, 7) is 0. The van der Waals surface area contributed by atoms with Crippen molar-refractivity contribution in [2.24, 2.45) is 0 Å². The van der Waals surface area contributed by atoms with Crippen molar-refractivity contribution in [2.45, 2.75) is 4.90 Å². The van der Waals surface area contributed by atoms with Gasteiger partial charge in [0.1, 0.15) is 0 Å². The quantitative estimate of drug-likeness (QED) is 0.643. The molecule has 1 aromatic rings. The lowest BCUT2D eigenvalue weighted by Gasteiger charge is -1.98. The predicted octanol–water partition coefficient (Wildman–Crippen LogP) is 1.55. The second-order valence-corrected chi connectivity index (χ2v) is 2.63. The zero-order chi connectivity index (χ0) is 9.14. The number of nitriles is 1. The molecule has 1 rings (SSSR count). The van der Waals surface area contributed by atoms with Gasteiger partial charge in [0.05, 0.1) is 17.2 Å². The number of rotatable bonds is 1. The van der Waals surface area contributed by atoms with Crippen molar-refractivity contribution in [2.75, 3.05) is 0 Å². The molecule has 1 N–H and O–H groups in total. The van der Waals surface area contributed by atoms with Crippen molar-refractivity contribution < 1.29 is 9.90 Å². The Balaban J connectivity index is 3.28. The molecule has 0 aliphatic carbocycles. The molecule has 0 aromatic heterocycles. The van der Waals surface area contributed by atoms with E-state index in [1.807, 2.05) is 6.07 Å². The van der Waals surface area contributed by atoms with Crippen molar-refractivity contribution in [3.8, 4) is 6.07 Å². The van der Waals surface area contributed by atoms with Gasteiger partial charge in [-0.2, -0.15) is 5.26 Å². The molecule has 0 fully saturated rings. The first-order valence-electron chi connectivity index (χ1n) is 3.11. The van der Waals surface area contributed by atoms with Crippen LogP contribution in [0.3, 0.4) is 0 Å². The molecular weight excluding hydrogens is 174 g/mol. The van der Waals surface area contributed by atoms with E-state index in [9.17, 15) is 4.79 Å². The molecule has 0 unspecified atom stereocenters. The lowest BCUT2D eigenvalue weighted by molar-refractivity contribution is 0.0693. The van der Waals surface area contributed by atoms with Gasteiger partial charge in [-0.05, 0) is 18.2 Å². The highest BCUT2D eigenvalue weighted by molar-refractivity contribution is 7.80. The molecule has 0 atom stereocenters. The van der Waals surface area contributed by atoms with Gasteiger partial charge in [-0.25, -0.2) is 4.79 Å². The number of carbonyl (C=O) groups is 1. The maximum Gasteiger partial charge on any atom is 0.336 e. The summed E-state index contributed by atoms with van der Waals surface area (Å²) in [5, 5.41) is 17.1. The van der Waals surface area contributed by atoms with Crippen molar-refractivity contribution >= 4 is 18.6 Å². The van der Waals surface area contributed by atoms with Gasteiger partial charge in [0.15, 0.2) is 0 Å². The Kier molecular flexibility index (Phi) is 2.36. The topological polar surface area (TPSA) is 61.1 Å². The number of benzene rings is 1. The Morgan fingerprint density at radius 1 is 1.58 bits per heavy atom. The van der Waals surface area contributed by atoms with Gasteiger partial charge in [-0.15, -0.1) is 12.6 Å². The number of carboxylic acids is 1. The minimum absolute atomic E-state index is 0.0531. The number of hydrogen-bond acceptors (Lipinski definition) is 3. The first kappa shape index (κ1) is 8.62. The minimum Gasteiger partial charge on any atom is -0.478 e. The normalized spacial score (nSPS) is 9.00. The average molecular weight is 179 g/mol. The Morgan fingerprint density at radius 2 is 2.25 bits per heavy atom. The van der Waals surface area contributed by atoms with Crippen molar-refractivity contribution in [1.82, 2.24) is 0 Å². The zero-order valence-electron chi connectivity index (χ0n) is 5.98. The Hall–Kier alpha value is -1.47. The fourth-order valence-corrected chi connectivity index (χ4v) is 1.01. The van der Waals surface area contributed by atoms with Gasteiger partial charge in [-0.3, -0.25) is 0 Å². The lowest BCUT2D eigenvalue weighted by Crippen LogP contribution is -1.98. The van der Waals surface area contributed by atoms with Crippen molar-refractivity contribution in [3.63, 3.8) is 0 Å². The molecule has 4 heteroatoms. The van der Waals surface area contributed by atoms with Crippen LogP contribution in [0.4, 0.5) is 0 Å². The zero-order valence-corrected chi connectivity index (χ0v) is 6.88. The van der Waals surface area contributed by atoms with Crippen LogP contribution >= 0.6 is 12.6 Å². The highest BCUT2D eigenvalue weighted by Crippen LogP contribution is 2.15. The molecule has 0 spiro atoms. The van der Waals surface area contributed by atoms with Crippen LogP contribution in [0.15, 0.2) is 23.1 Å². The second-order valence-electron chi connectivity index (χ2n) is 2.15. The van der Waals surface area contributed by atoms with Gasteiger partial charge in [0.2, 0.25) is 0 Å². The fourth-order valence-electron chi connectivity index (χ4n) is 0.777. The SMILES string of the molecule is N#Cc1ccc(S)c(C(=O)O)c1. The Labute approximate surface area is 74.7 Å². The number of aromatic carboxylic acids is 1. The molecule has 3 nitrogen and oxygen atoms in total. The number of carboxylic acid groups (broad SMARTS) is 1. The summed E-state index contributed by atoms with van der Waals surface area (Å²) in [6, 6.07) is 6.16. The summed E-state index contributed by atoms with van der Waals surface area (Å²) >= 11 is 3.93. The molecule has 0 aliphatic heterocycles. The van der Waals surface area contributed by atoms with E-state index in [2.05, 4.69) is 12.6 Å².